The Kier molecular flexibility index (Phi) is 7.72. The van der Waals surface area contributed by atoms with Crippen LogP contribution in [0, 0.1) is 17.5 Å². The highest BCUT2D eigenvalue weighted by Gasteiger charge is 2.34. The van der Waals surface area contributed by atoms with Gasteiger partial charge in [-0.3, -0.25) is 0 Å². The van der Waals surface area contributed by atoms with E-state index < -0.39 is 46.8 Å². The average Bonchev–Trinajstić information content (AvgIpc) is 2.75. The molecule has 0 unspecified atom stereocenters. The van der Waals surface area contributed by atoms with E-state index in [1.165, 1.54) is 24.3 Å². The second-order valence-corrected chi connectivity index (χ2v) is 7.44. The van der Waals surface area contributed by atoms with Crippen molar-refractivity contribution >= 4 is 0 Å². The first-order chi connectivity index (χ1) is 16.4. The minimum atomic E-state index is -4.75. The van der Waals surface area contributed by atoms with Crippen LogP contribution in [-0.2, 0) is 12.5 Å². The van der Waals surface area contributed by atoms with Crippen LogP contribution in [0.4, 0.5) is 35.1 Å². The third-order valence-corrected chi connectivity index (χ3v) is 4.77. The highest BCUT2D eigenvalue weighted by atomic mass is 19.4. The van der Waals surface area contributed by atoms with Crippen molar-refractivity contribution in [3.63, 3.8) is 0 Å². The van der Waals surface area contributed by atoms with Crippen molar-refractivity contribution in [3.8, 4) is 22.6 Å². The van der Waals surface area contributed by atoms with Crippen LogP contribution in [0.3, 0.4) is 0 Å². The number of ether oxygens (including phenoxy) is 2. The lowest BCUT2D eigenvalue weighted by Crippen LogP contribution is -2.22. The van der Waals surface area contributed by atoms with E-state index in [9.17, 15) is 35.1 Å². The molecular weight excluding hydrogens is 484 g/mol. The summed E-state index contributed by atoms with van der Waals surface area (Å²) in [5, 5.41) is 0. The van der Waals surface area contributed by atoms with Crippen LogP contribution in [-0.4, -0.2) is 6.18 Å². The highest BCUT2D eigenvalue weighted by molar-refractivity contribution is 5.66. The van der Waals surface area contributed by atoms with Gasteiger partial charge in [-0.1, -0.05) is 25.5 Å². The van der Waals surface area contributed by atoms with Gasteiger partial charge in [-0.15, -0.1) is 0 Å². The van der Waals surface area contributed by atoms with Gasteiger partial charge in [0.25, 0.3) is 0 Å². The first kappa shape index (κ1) is 26.1. The van der Waals surface area contributed by atoms with Crippen molar-refractivity contribution < 1.29 is 44.6 Å². The number of allylic oxidation sites excluding steroid dienone is 1. The van der Waals surface area contributed by atoms with Gasteiger partial charge in [0, 0.05) is 11.6 Å². The number of halogens is 8. The third-order valence-electron chi connectivity index (χ3n) is 4.77. The molecule has 0 fully saturated rings. The second kappa shape index (κ2) is 10.4. The lowest BCUT2D eigenvalue weighted by molar-refractivity contribution is -0.185. The van der Waals surface area contributed by atoms with E-state index in [0.717, 1.165) is 30.5 Å². The molecule has 0 heterocycles. The fraction of sp³-hybridized carbons (Fsp3) is 0.200. The number of hydrogen-bond acceptors (Lipinski definition) is 2. The monoisotopic (exact) mass is 502 g/mol. The Hall–Kier alpha value is -3.56. The Morgan fingerprint density at radius 1 is 0.800 bits per heavy atom. The first-order valence-electron chi connectivity index (χ1n) is 10.3. The van der Waals surface area contributed by atoms with Gasteiger partial charge < -0.3 is 9.47 Å². The van der Waals surface area contributed by atoms with Crippen molar-refractivity contribution in [1.29, 1.82) is 0 Å². The van der Waals surface area contributed by atoms with E-state index in [1.54, 1.807) is 0 Å². The molecule has 0 aliphatic carbocycles. The van der Waals surface area contributed by atoms with E-state index in [1.807, 2.05) is 6.92 Å². The van der Waals surface area contributed by atoms with Crippen LogP contribution in [0.1, 0.15) is 24.5 Å². The van der Waals surface area contributed by atoms with E-state index in [0.29, 0.717) is 18.2 Å². The van der Waals surface area contributed by atoms with Gasteiger partial charge in [-0.2, -0.15) is 22.0 Å². The zero-order chi connectivity index (χ0) is 25.8. The molecule has 3 aromatic rings. The van der Waals surface area contributed by atoms with Crippen LogP contribution in [0.5, 0.6) is 11.5 Å². The lowest BCUT2D eigenvalue weighted by atomic mass is 10.0. The highest BCUT2D eigenvalue weighted by Crippen LogP contribution is 2.35. The molecule has 10 heteroatoms. The van der Waals surface area contributed by atoms with Crippen molar-refractivity contribution in [2.75, 3.05) is 0 Å². The number of benzene rings is 3. The zero-order valence-corrected chi connectivity index (χ0v) is 18.1. The Bertz CT molecular complexity index is 1180. The van der Waals surface area contributed by atoms with Gasteiger partial charge in [-0.05, 0) is 53.9 Å². The molecule has 0 amide bonds. The van der Waals surface area contributed by atoms with Gasteiger partial charge >= 0.3 is 12.3 Å². The molecule has 35 heavy (non-hydrogen) atoms. The summed E-state index contributed by atoms with van der Waals surface area (Å²) in [6, 6.07) is 9.33. The maximum absolute atomic E-state index is 14.6. The molecule has 0 spiro atoms. The van der Waals surface area contributed by atoms with Crippen LogP contribution in [0.25, 0.3) is 11.1 Å². The van der Waals surface area contributed by atoms with Crippen molar-refractivity contribution in [2.24, 2.45) is 0 Å². The smallest absolute Gasteiger partial charge is 0.426 e. The summed E-state index contributed by atoms with van der Waals surface area (Å²) in [5.41, 5.74) is -0.273. The predicted octanol–water partition coefficient (Wildman–Crippen LogP) is 8.31. The first-order valence-corrected chi connectivity index (χ1v) is 10.3. The number of hydrogen-bond donors (Lipinski definition) is 0. The number of rotatable bonds is 8. The summed E-state index contributed by atoms with van der Waals surface area (Å²) in [6.07, 6.45) is -7.28. The Labute approximate surface area is 195 Å². The van der Waals surface area contributed by atoms with Gasteiger partial charge in [0.05, 0.1) is 17.9 Å². The van der Waals surface area contributed by atoms with Crippen LogP contribution in [0.2, 0.25) is 0 Å². The lowest BCUT2D eigenvalue weighted by Gasteiger charge is -2.19. The molecule has 0 radical (unpaired) electrons. The van der Waals surface area contributed by atoms with Crippen LogP contribution < -0.4 is 9.47 Å². The predicted molar refractivity (Wildman–Crippen MR) is 113 cm³/mol. The molecule has 0 saturated carbocycles. The summed E-state index contributed by atoms with van der Waals surface area (Å²) in [6.45, 7) is 1.95. The normalized spacial score (nSPS) is 12.3. The second-order valence-electron chi connectivity index (χ2n) is 7.44. The topological polar surface area (TPSA) is 18.5 Å². The average molecular weight is 502 g/mol. The SMILES string of the molecule is CCCc1ccc(C(F)(F)Oc2ccc(-c3cc(F)c(O/C=C/C(F)(F)F)c(F)c3)c(F)c2)cc1. The van der Waals surface area contributed by atoms with Crippen LogP contribution in [0.15, 0.2) is 66.9 Å². The zero-order valence-electron chi connectivity index (χ0n) is 18.1. The molecule has 2 nitrogen and oxygen atoms in total. The summed E-state index contributed by atoms with van der Waals surface area (Å²) in [7, 11) is 0. The number of aryl methyl sites for hydroxylation is 1. The molecule has 0 aromatic heterocycles. The Morgan fingerprint density at radius 3 is 1.97 bits per heavy atom. The van der Waals surface area contributed by atoms with Crippen LogP contribution >= 0.6 is 0 Å². The van der Waals surface area contributed by atoms with E-state index in [-0.39, 0.29) is 23.5 Å². The quantitative estimate of drug-likeness (QED) is 0.228. The molecule has 0 bridgehead atoms. The molecule has 0 N–H and O–H groups in total. The minimum absolute atomic E-state index is 0.0609. The molecule has 3 aromatic carbocycles. The van der Waals surface area contributed by atoms with Gasteiger partial charge in [0.2, 0.25) is 0 Å². The largest absolute Gasteiger partial charge is 0.459 e. The fourth-order valence-corrected chi connectivity index (χ4v) is 3.16. The molecule has 186 valence electrons. The molecule has 0 saturated heterocycles. The van der Waals surface area contributed by atoms with E-state index in [4.69, 9.17) is 0 Å². The summed E-state index contributed by atoms with van der Waals surface area (Å²) in [5.74, 6) is -5.58. The van der Waals surface area contributed by atoms with Crippen molar-refractivity contribution in [1.82, 2.24) is 0 Å². The van der Waals surface area contributed by atoms with Crippen molar-refractivity contribution in [2.45, 2.75) is 32.1 Å². The van der Waals surface area contributed by atoms with Crippen molar-refractivity contribution in [3.05, 3.63) is 95.5 Å². The maximum Gasteiger partial charge on any atom is 0.426 e. The molecule has 3 rings (SSSR count). The molecule has 0 aliphatic rings. The van der Waals surface area contributed by atoms with E-state index >= 15 is 0 Å². The summed E-state index contributed by atoms with van der Waals surface area (Å²) < 4.78 is 117. The molecular formula is C25H18F8O2. The summed E-state index contributed by atoms with van der Waals surface area (Å²) in [4.78, 5) is 0. The Balaban J connectivity index is 1.80. The molecule has 0 aliphatic heterocycles. The van der Waals surface area contributed by atoms with Gasteiger partial charge in [0.1, 0.15) is 11.6 Å². The van der Waals surface area contributed by atoms with Gasteiger partial charge in [-0.25, -0.2) is 13.2 Å². The minimum Gasteiger partial charge on any atom is -0.459 e. The third kappa shape index (κ3) is 6.74. The van der Waals surface area contributed by atoms with E-state index in [2.05, 4.69) is 9.47 Å². The maximum atomic E-state index is 14.6. The summed E-state index contributed by atoms with van der Waals surface area (Å²) >= 11 is 0. The molecule has 0 atom stereocenters. The Morgan fingerprint density at radius 2 is 1.43 bits per heavy atom. The number of alkyl halides is 5. The fourth-order valence-electron chi connectivity index (χ4n) is 3.16. The van der Waals surface area contributed by atoms with Gasteiger partial charge in [0.15, 0.2) is 17.4 Å². The standard InChI is InChI=1S/C25H18F8O2/c1-2-3-15-4-6-17(7-5-15)25(32,33)35-18-8-9-19(20(26)14-18)16-12-21(27)23(22(28)13-16)34-11-10-24(29,30)31/h4-14H,2-3H2,1H3/b11-10+.